The lowest BCUT2D eigenvalue weighted by molar-refractivity contribution is 0.0102. The van der Waals surface area contributed by atoms with Crippen molar-refractivity contribution in [3.63, 3.8) is 0 Å². The molecule has 0 bridgehead atoms. The van der Waals surface area contributed by atoms with Gasteiger partial charge in [0.1, 0.15) is 11.0 Å². The molecule has 0 unspecified atom stereocenters. The van der Waals surface area contributed by atoms with Gasteiger partial charge in [0.25, 0.3) is 0 Å². The molecular formula is C42H46N10O2S2. The smallest absolute Gasteiger partial charge is 0.184 e. The van der Waals surface area contributed by atoms with Crippen molar-refractivity contribution < 1.29 is 10.2 Å². The molecule has 2 aliphatic carbocycles. The van der Waals surface area contributed by atoms with Gasteiger partial charge >= 0.3 is 0 Å². The molecule has 288 valence electrons. The minimum Gasteiger partial charge on any atom is -0.388 e. The number of aliphatic hydroxyl groups is 2. The highest BCUT2D eigenvalue weighted by Gasteiger charge is 2.36. The molecule has 0 radical (unpaired) electrons. The number of fused-ring (bicyclic) bond motifs is 4. The maximum Gasteiger partial charge on any atom is 0.184 e. The molecule has 4 atom stereocenters. The molecular weight excluding hydrogens is 741 g/mol. The Kier molecular flexibility index (Phi) is 9.90. The van der Waals surface area contributed by atoms with Crippen molar-refractivity contribution in [1.82, 2.24) is 39.0 Å². The van der Waals surface area contributed by atoms with Crippen molar-refractivity contribution in [2.45, 2.75) is 102 Å². The van der Waals surface area contributed by atoms with Crippen LogP contribution in [-0.2, 0) is 13.1 Å². The predicted octanol–water partition coefficient (Wildman–Crippen LogP) is 8.39. The van der Waals surface area contributed by atoms with E-state index in [-0.39, 0.29) is 12.1 Å². The molecule has 2 fully saturated rings. The Balaban J connectivity index is 0.000000146. The largest absolute Gasteiger partial charge is 0.388 e. The Hall–Kier alpha value is -5.02. The van der Waals surface area contributed by atoms with E-state index >= 15 is 0 Å². The van der Waals surface area contributed by atoms with Crippen LogP contribution in [0, 0.1) is 0 Å². The van der Waals surface area contributed by atoms with Gasteiger partial charge in [-0.15, -0.1) is 0 Å². The van der Waals surface area contributed by atoms with Crippen LogP contribution in [0.2, 0.25) is 0 Å². The topological polar surface area (TPSA) is 152 Å². The molecule has 0 spiro atoms. The SMILES string of the molecule is C[C@@]1(O)CCCC[C@H]1Nc1nc2ccc(Cn3cnc4cccnc43)cc2s1.C[C@]1(O)CCCC[C@H]1Nc1nc2ccc(Cn3cnc4cccnc43)cc2s1. The number of anilines is 2. The lowest BCUT2D eigenvalue weighted by Crippen LogP contribution is -2.46. The average molecular weight is 787 g/mol. The summed E-state index contributed by atoms with van der Waals surface area (Å²) in [5, 5.41) is 30.0. The van der Waals surface area contributed by atoms with Gasteiger partial charge in [-0.05, 0) is 99.2 Å². The van der Waals surface area contributed by atoms with Crippen LogP contribution in [0.4, 0.5) is 10.3 Å². The Morgan fingerprint density at radius 3 is 1.54 bits per heavy atom. The number of nitrogens with one attached hydrogen (secondary N) is 2. The predicted molar refractivity (Wildman–Crippen MR) is 226 cm³/mol. The van der Waals surface area contributed by atoms with E-state index < -0.39 is 11.2 Å². The van der Waals surface area contributed by atoms with Crippen LogP contribution in [0.25, 0.3) is 42.8 Å². The number of aromatic nitrogens is 8. The monoisotopic (exact) mass is 786 g/mol. The molecule has 2 saturated carbocycles. The molecule has 4 N–H and O–H groups in total. The van der Waals surface area contributed by atoms with Crippen molar-refractivity contribution in [3.05, 3.63) is 96.8 Å². The molecule has 2 aromatic carbocycles. The summed E-state index contributed by atoms with van der Waals surface area (Å²) in [7, 11) is 0. The summed E-state index contributed by atoms with van der Waals surface area (Å²) in [6, 6.07) is 20.6. The molecule has 56 heavy (non-hydrogen) atoms. The average Bonchev–Trinajstić information content (AvgIpc) is 3.99. The third-order valence-electron chi connectivity index (χ3n) is 11.3. The number of benzene rings is 2. The van der Waals surface area contributed by atoms with Gasteiger partial charge < -0.3 is 30.0 Å². The number of hydrogen-bond acceptors (Lipinski definition) is 12. The third kappa shape index (κ3) is 7.70. The summed E-state index contributed by atoms with van der Waals surface area (Å²) in [5.41, 5.74) is 6.63. The number of rotatable bonds is 8. The van der Waals surface area contributed by atoms with Gasteiger partial charge in [0.15, 0.2) is 21.6 Å². The lowest BCUT2D eigenvalue weighted by Gasteiger charge is -2.37. The van der Waals surface area contributed by atoms with Gasteiger partial charge in [0.05, 0.1) is 69.5 Å². The number of imidazole rings is 2. The zero-order valence-corrected chi connectivity index (χ0v) is 33.2. The van der Waals surface area contributed by atoms with Crippen LogP contribution in [0.15, 0.2) is 85.7 Å². The van der Waals surface area contributed by atoms with Crippen molar-refractivity contribution >= 4 is 75.7 Å². The summed E-state index contributed by atoms with van der Waals surface area (Å²) in [5.74, 6) is 0. The summed E-state index contributed by atoms with van der Waals surface area (Å²) >= 11 is 3.30. The first kappa shape index (κ1) is 36.6. The Labute approximate surface area is 332 Å². The maximum atomic E-state index is 10.6. The molecule has 0 aliphatic heterocycles. The highest BCUT2D eigenvalue weighted by molar-refractivity contribution is 7.22. The minimum absolute atomic E-state index is 0.0599. The van der Waals surface area contributed by atoms with Crippen LogP contribution in [0.5, 0.6) is 0 Å². The van der Waals surface area contributed by atoms with Gasteiger partial charge in [0.2, 0.25) is 0 Å². The summed E-state index contributed by atoms with van der Waals surface area (Å²) in [4.78, 5) is 27.2. The van der Waals surface area contributed by atoms with E-state index in [2.05, 4.69) is 76.1 Å². The zero-order valence-electron chi connectivity index (χ0n) is 31.6. The van der Waals surface area contributed by atoms with Crippen LogP contribution < -0.4 is 10.6 Å². The fourth-order valence-electron chi connectivity index (χ4n) is 8.06. The quantitative estimate of drug-likeness (QED) is 0.118. The Morgan fingerprint density at radius 1 is 0.625 bits per heavy atom. The maximum absolute atomic E-state index is 10.6. The van der Waals surface area contributed by atoms with Crippen LogP contribution in [-0.4, -0.2) is 72.5 Å². The third-order valence-corrected chi connectivity index (χ3v) is 13.2. The number of thiazole rings is 2. The number of nitrogens with zero attached hydrogens (tertiary/aromatic N) is 8. The van der Waals surface area contributed by atoms with E-state index in [0.29, 0.717) is 0 Å². The standard InChI is InChI=1S/2C21H23N5OS/c2*1-21(27)9-3-2-6-18(21)25-20-24-15-8-7-14(11-17(15)28-20)12-26-13-23-16-5-4-10-22-19(16)26/h2*4-5,7-8,10-11,13,18,27H,2-3,6,9,12H2,1H3,(H,24,25)/t18-,21+;18-,21-/m11/s1. The van der Waals surface area contributed by atoms with E-state index in [0.717, 1.165) is 117 Å². The van der Waals surface area contributed by atoms with E-state index in [1.807, 2.05) is 50.8 Å². The first-order valence-corrected chi connectivity index (χ1v) is 21.1. The fourth-order valence-corrected chi connectivity index (χ4v) is 10.0. The van der Waals surface area contributed by atoms with Crippen molar-refractivity contribution in [3.8, 4) is 0 Å². The van der Waals surface area contributed by atoms with Crippen molar-refractivity contribution in [2.24, 2.45) is 0 Å². The first-order chi connectivity index (χ1) is 27.2. The fraction of sp³-hybridized carbons (Fsp3) is 0.381. The molecule has 2 aliphatic rings. The van der Waals surface area contributed by atoms with Gasteiger partial charge in [-0.1, -0.05) is 60.5 Å². The molecule has 14 heteroatoms. The van der Waals surface area contributed by atoms with Gasteiger partial charge in [-0.3, -0.25) is 0 Å². The Morgan fingerprint density at radius 2 is 1.09 bits per heavy atom. The normalized spacial score (nSPS) is 22.7. The summed E-state index contributed by atoms with van der Waals surface area (Å²) in [6.07, 6.45) is 15.4. The highest BCUT2D eigenvalue weighted by Crippen LogP contribution is 2.35. The second-order valence-electron chi connectivity index (χ2n) is 15.7. The number of pyridine rings is 2. The molecule has 0 saturated heterocycles. The van der Waals surface area contributed by atoms with E-state index in [9.17, 15) is 10.2 Å². The van der Waals surface area contributed by atoms with Gasteiger partial charge in [0, 0.05) is 12.4 Å². The Bertz CT molecular complexity index is 2440. The molecule has 6 aromatic heterocycles. The molecule has 0 amide bonds. The number of hydrogen-bond donors (Lipinski definition) is 4. The molecule has 6 heterocycles. The summed E-state index contributed by atoms with van der Waals surface area (Å²) < 4.78 is 6.42. The van der Waals surface area contributed by atoms with Crippen molar-refractivity contribution in [1.29, 1.82) is 0 Å². The van der Waals surface area contributed by atoms with Gasteiger partial charge in [-0.25, -0.2) is 29.9 Å². The molecule has 12 nitrogen and oxygen atoms in total. The minimum atomic E-state index is -0.670. The summed E-state index contributed by atoms with van der Waals surface area (Å²) in [6.45, 7) is 5.31. The van der Waals surface area contributed by atoms with E-state index in [1.54, 1.807) is 35.1 Å². The van der Waals surface area contributed by atoms with Crippen LogP contribution >= 0.6 is 22.7 Å². The highest BCUT2D eigenvalue weighted by atomic mass is 32.1. The van der Waals surface area contributed by atoms with E-state index in [1.165, 1.54) is 11.1 Å². The van der Waals surface area contributed by atoms with Crippen LogP contribution in [0.1, 0.15) is 76.3 Å². The lowest BCUT2D eigenvalue weighted by atomic mass is 9.82. The molecule has 8 aromatic rings. The van der Waals surface area contributed by atoms with Crippen LogP contribution in [0.3, 0.4) is 0 Å². The molecule has 10 rings (SSSR count). The zero-order chi connectivity index (χ0) is 38.3. The van der Waals surface area contributed by atoms with Gasteiger partial charge in [-0.2, -0.15) is 0 Å². The first-order valence-electron chi connectivity index (χ1n) is 19.5. The van der Waals surface area contributed by atoms with Crippen molar-refractivity contribution in [2.75, 3.05) is 10.6 Å². The van der Waals surface area contributed by atoms with E-state index in [4.69, 9.17) is 9.97 Å². The second-order valence-corrected chi connectivity index (χ2v) is 17.7. The second kappa shape index (κ2) is 15.1.